The van der Waals surface area contributed by atoms with Gasteiger partial charge in [-0.1, -0.05) is 32.1 Å². The molecule has 0 aromatic carbocycles. The first-order valence-electron chi connectivity index (χ1n) is 5.96. The Balaban J connectivity index is 3.07. The third kappa shape index (κ3) is 3.19. The van der Waals surface area contributed by atoms with Gasteiger partial charge in [0.05, 0.1) is 5.69 Å². The lowest BCUT2D eigenvalue weighted by Gasteiger charge is -2.13. The molecule has 0 saturated heterocycles. The molecule has 0 fully saturated rings. The van der Waals surface area contributed by atoms with E-state index in [-0.39, 0.29) is 5.92 Å². The minimum Gasteiger partial charge on any atom is -0.477 e. The summed E-state index contributed by atoms with van der Waals surface area (Å²) in [6.45, 7) is 7.06. The number of carboxylic acid groups (broad SMARTS) is 1. The van der Waals surface area contributed by atoms with E-state index in [2.05, 4.69) is 11.9 Å². The monoisotopic (exact) mass is 256 g/mol. The predicted molar refractivity (Wildman–Crippen MR) is 71.3 cm³/mol. The molecule has 5 heteroatoms. The van der Waals surface area contributed by atoms with E-state index in [1.54, 1.807) is 0 Å². The van der Waals surface area contributed by atoms with Gasteiger partial charge in [-0.25, -0.2) is 9.78 Å². The molecule has 1 rings (SSSR count). The number of rotatable bonds is 6. The Morgan fingerprint density at radius 2 is 2.18 bits per heavy atom. The van der Waals surface area contributed by atoms with Crippen molar-refractivity contribution in [3.63, 3.8) is 0 Å². The van der Waals surface area contributed by atoms with E-state index in [1.807, 2.05) is 25.8 Å². The van der Waals surface area contributed by atoms with Crippen molar-refractivity contribution in [2.24, 2.45) is 0 Å². The number of hydrogen-bond acceptors (Lipinski definition) is 4. The molecule has 1 aromatic rings. The van der Waals surface area contributed by atoms with E-state index in [0.29, 0.717) is 4.88 Å². The molecule has 0 amide bonds. The second-order valence-corrected chi connectivity index (χ2v) is 5.22. The standard InChI is InChI=1S/C12H20N2O2S/c1-5-7-14(4)12-13-9(8(3)6-2)10(17-12)11(15)16/h8H,5-7H2,1-4H3,(H,15,16). The van der Waals surface area contributed by atoms with Gasteiger partial charge in [0.2, 0.25) is 0 Å². The lowest BCUT2D eigenvalue weighted by Crippen LogP contribution is -2.17. The molecule has 1 aromatic heterocycles. The van der Waals surface area contributed by atoms with Gasteiger partial charge >= 0.3 is 5.97 Å². The smallest absolute Gasteiger partial charge is 0.347 e. The topological polar surface area (TPSA) is 53.4 Å². The second-order valence-electron chi connectivity index (χ2n) is 4.25. The predicted octanol–water partition coefficient (Wildman–Crippen LogP) is 3.20. The molecule has 1 heterocycles. The molecule has 96 valence electrons. The number of aromatic nitrogens is 1. The van der Waals surface area contributed by atoms with Crippen LogP contribution in [-0.4, -0.2) is 29.7 Å². The van der Waals surface area contributed by atoms with Crippen molar-refractivity contribution in [1.82, 2.24) is 4.98 Å². The van der Waals surface area contributed by atoms with Crippen LogP contribution in [0, 0.1) is 0 Å². The zero-order valence-corrected chi connectivity index (χ0v) is 11.7. The zero-order valence-electron chi connectivity index (χ0n) is 10.9. The van der Waals surface area contributed by atoms with Crippen LogP contribution < -0.4 is 4.90 Å². The second kappa shape index (κ2) is 6.00. The van der Waals surface area contributed by atoms with E-state index >= 15 is 0 Å². The van der Waals surface area contributed by atoms with Crippen molar-refractivity contribution in [3.8, 4) is 0 Å². The zero-order chi connectivity index (χ0) is 13.0. The normalized spacial score (nSPS) is 12.5. The van der Waals surface area contributed by atoms with Gasteiger partial charge in [-0.3, -0.25) is 0 Å². The summed E-state index contributed by atoms with van der Waals surface area (Å²) in [7, 11) is 1.95. The van der Waals surface area contributed by atoms with Crippen molar-refractivity contribution in [2.75, 3.05) is 18.5 Å². The van der Waals surface area contributed by atoms with E-state index in [9.17, 15) is 9.90 Å². The Morgan fingerprint density at radius 3 is 2.65 bits per heavy atom. The van der Waals surface area contributed by atoms with Crippen LogP contribution >= 0.6 is 11.3 Å². The van der Waals surface area contributed by atoms with Crippen LogP contribution in [-0.2, 0) is 0 Å². The van der Waals surface area contributed by atoms with Crippen molar-refractivity contribution in [3.05, 3.63) is 10.6 Å². The summed E-state index contributed by atoms with van der Waals surface area (Å²) >= 11 is 1.27. The Bertz CT molecular complexity index is 390. The average molecular weight is 256 g/mol. The maximum atomic E-state index is 11.2. The summed E-state index contributed by atoms with van der Waals surface area (Å²) < 4.78 is 0. The first-order chi connectivity index (χ1) is 8.01. The molecule has 0 radical (unpaired) electrons. The van der Waals surface area contributed by atoms with Crippen LogP contribution in [0.2, 0.25) is 0 Å². The number of carboxylic acids is 1. The molecule has 0 bridgehead atoms. The van der Waals surface area contributed by atoms with E-state index in [4.69, 9.17) is 0 Å². The number of hydrogen-bond donors (Lipinski definition) is 1. The van der Waals surface area contributed by atoms with Gasteiger partial charge in [0.25, 0.3) is 0 Å². The van der Waals surface area contributed by atoms with E-state index < -0.39 is 5.97 Å². The molecule has 0 aliphatic carbocycles. The molecule has 17 heavy (non-hydrogen) atoms. The molecule has 1 unspecified atom stereocenters. The summed E-state index contributed by atoms with van der Waals surface area (Å²) in [4.78, 5) is 18.1. The SMILES string of the molecule is CCCN(C)c1nc(C(C)CC)c(C(=O)O)s1. The molecule has 0 aliphatic heterocycles. The van der Waals surface area contributed by atoms with Gasteiger partial charge in [-0.2, -0.15) is 0 Å². The Kier molecular flexibility index (Phi) is 4.93. The maximum absolute atomic E-state index is 11.2. The summed E-state index contributed by atoms with van der Waals surface area (Å²) in [6.07, 6.45) is 1.93. The molecule has 1 atom stereocenters. The first kappa shape index (κ1) is 14.0. The fourth-order valence-corrected chi connectivity index (χ4v) is 2.61. The molecular weight excluding hydrogens is 236 g/mol. The summed E-state index contributed by atoms with van der Waals surface area (Å²) in [5.41, 5.74) is 0.725. The third-order valence-electron chi connectivity index (χ3n) is 2.80. The molecule has 4 nitrogen and oxygen atoms in total. The van der Waals surface area contributed by atoms with Gasteiger partial charge in [0.15, 0.2) is 5.13 Å². The lowest BCUT2D eigenvalue weighted by molar-refractivity contribution is 0.0700. The maximum Gasteiger partial charge on any atom is 0.347 e. The summed E-state index contributed by atoms with van der Waals surface area (Å²) in [5, 5.41) is 9.99. The van der Waals surface area contributed by atoms with Gasteiger partial charge < -0.3 is 10.0 Å². The Labute approximate surface area is 106 Å². The number of nitrogens with zero attached hydrogens (tertiary/aromatic N) is 2. The van der Waals surface area contributed by atoms with Crippen LogP contribution in [0.3, 0.4) is 0 Å². The lowest BCUT2D eigenvalue weighted by atomic mass is 10.0. The highest BCUT2D eigenvalue weighted by atomic mass is 32.1. The van der Waals surface area contributed by atoms with Gasteiger partial charge in [-0.05, 0) is 18.8 Å². The number of carbonyl (C=O) groups is 1. The van der Waals surface area contributed by atoms with Crippen LogP contribution in [0.1, 0.15) is 54.9 Å². The van der Waals surface area contributed by atoms with Crippen molar-refractivity contribution >= 4 is 22.4 Å². The highest BCUT2D eigenvalue weighted by Crippen LogP contribution is 2.31. The average Bonchev–Trinajstić information content (AvgIpc) is 2.73. The molecule has 0 spiro atoms. The molecule has 0 aliphatic rings. The van der Waals surface area contributed by atoms with Crippen molar-refractivity contribution in [2.45, 2.75) is 39.5 Å². The Morgan fingerprint density at radius 1 is 1.53 bits per heavy atom. The summed E-state index contributed by atoms with van der Waals surface area (Å²) in [6, 6.07) is 0. The van der Waals surface area contributed by atoms with Gasteiger partial charge in [0, 0.05) is 13.6 Å². The third-order valence-corrected chi connectivity index (χ3v) is 3.97. The molecule has 0 saturated carbocycles. The van der Waals surface area contributed by atoms with Crippen molar-refractivity contribution < 1.29 is 9.90 Å². The van der Waals surface area contributed by atoms with Crippen LogP contribution in [0.25, 0.3) is 0 Å². The largest absolute Gasteiger partial charge is 0.477 e. The molecular formula is C12H20N2O2S. The van der Waals surface area contributed by atoms with Crippen molar-refractivity contribution in [1.29, 1.82) is 0 Å². The minimum atomic E-state index is -0.867. The Hall–Kier alpha value is -1.10. The van der Waals surface area contributed by atoms with Crippen LogP contribution in [0.4, 0.5) is 5.13 Å². The number of aromatic carboxylic acids is 1. The van der Waals surface area contributed by atoms with Crippen LogP contribution in [0.15, 0.2) is 0 Å². The molecule has 1 N–H and O–H groups in total. The van der Waals surface area contributed by atoms with E-state index in [0.717, 1.165) is 30.2 Å². The number of anilines is 1. The first-order valence-corrected chi connectivity index (χ1v) is 6.78. The minimum absolute atomic E-state index is 0.195. The van der Waals surface area contributed by atoms with Gasteiger partial charge in [0.1, 0.15) is 4.88 Å². The number of thiazole rings is 1. The van der Waals surface area contributed by atoms with Crippen LogP contribution in [0.5, 0.6) is 0 Å². The quantitative estimate of drug-likeness (QED) is 0.849. The van der Waals surface area contributed by atoms with E-state index in [1.165, 1.54) is 11.3 Å². The fraction of sp³-hybridized carbons (Fsp3) is 0.667. The van der Waals surface area contributed by atoms with Gasteiger partial charge in [-0.15, -0.1) is 0 Å². The highest BCUT2D eigenvalue weighted by Gasteiger charge is 2.22. The fourth-order valence-electron chi connectivity index (χ4n) is 1.60. The highest BCUT2D eigenvalue weighted by molar-refractivity contribution is 7.17. The summed E-state index contributed by atoms with van der Waals surface area (Å²) in [5.74, 6) is -0.671.